The van der Waals surface area contributed by atoms with Crippen LogP contribution >= 0.6 is 0 Å². The van der Waals surface area contributed by atoms with Gasteiger partial charge in [-0.25, -0.2) is 0 Å². The van der Waals surface area contributed by atoms with Crippen LogP contribution in [0.15, 0.2) is 24.4 Å². The van der Waals surface area contributed by atoms with Crippen LogP contribution in [0.5, 0.6) is 5.75 Å². The lowest BCUT2D eigenvalue weighted by atomic mass is 9.85. The molecule has 128 valence electrons. The lowest BCUT2D eigenvalue weighted by Crippen LogP contribution is -2.16. The molecule has 2 aromatic rings. The van der Waals surface area contributed by atoms with Gasteiger partial charge in [0.05, 0.1) is 31.2 Å². The molecule has 1 fully saturated rings. The topological polar surface area (TPSA) is 87.2 Å². The molecule has 0 unspecified atom stereocenters. The molecule has 0 aliphatic heterocycles. The zero-order valence-electron chi connectivity index (χ0n) is 13.8. The van der Waals surface area contributed by atoms with Crippen molar-refractivity contribution in [2.75, 3.05) is 12.4 Å². The summed E-state index contributed by atoms with van der Waals surface area (Å²) in [4.78, 5) is 12.6. The Morgan fingerprint density at radius 2 is 2.17 bits per heavy atom. The highest BCUT2D eigenvalue weighted by atomic mass is 16.5. The average Bonchev–Trinajstić information content (AvgIpc) is 3.12. The average molecular weight is 329 g/mol. The summed E-state index contributed by atoms with van der Waals surface area (Å²) in [5.74, 6) is 0.797. The third kappa shape index (κ3) is 3.43. The third-order valence-corrected chi connectivity index (χ3v) is 4.64. The van der Waals surface area contributed by atoms with Crippen LogP contribution in [0.3, 0.4) is 0 Å². The van der Waals surface area contributed by atoms with E-state index in [-0.39, 0.29) is 12.5 Å². The van der Waals surface area contributed by atoms with Crippen molar-refractivity contribution in [1.29, 1.82) is 0 Å². The monoisotopic (exact) mass is 329 g/mol. The van der Waals surface area contributed by atoms with E-state index in [1.165, 1.54) is 19.3 Å². The highest BCUT2D eigenvalue weighted by molar-refractivity contribution is 6.05. The van der Waals surface area contributed by atoms with Crippen LogP contribution in [0.2, 0.25) is 0 Å². The van der Waals surface area contributed by atoms with Gasteiger partial charge in [-0.15, -0.1) is 0 Å². The zero-order chi connectivity index (χ0) is 16.9. The number of ether oxygens (including phenoxy) is 1. The Labute approximate surface area is 141 Å². The molecule has 6 heteroatoms. The van der Waals surface area contributed by atoms with Crippen molar-refractivity contribution in [3.05, 3.63) is 41.2 Å². The maximum atomic E-state index is 12.6. The lowest BCUT2D eigenvalue weighted by molar-refractivity contribution is 0.102. The fraction of sp³-hybridized carbons (Fsp3) is 0.444. The SMILES string of the molecule is COc1ccc(NC(=O)c2cn[nH]c2C2CCCCC2)cc1CO. The Hall–Kier alpha value is -2.34. The summed E-state index contributed by atoms with van der Waals surface area (Å²) >= 11 is 0. The van der Waals surface area contributed by atoms with Gasteiger partial charge in [-0.3, -0.25) is 9.89 Å². The summed E-state index contributed by atoms with van der Waals surface area (Å²) in [6.45, 7) is -0.147. The Morgan fingerprint density at radius 3 is 2.88 bits per heavy atom. The van der Waals surface area contributed by atoms with E-state index in [9.17, 15) is 9.90 Å². The van der Waals surface area contributed by atoms with Crippen LogP contribution in [-0.2, 0) is 6.61 Å². The highest BCUT2D eigenvalue weighted by Gasteiger charge is 2.23. The number of anilines is 1. The first-order chi connectivity index (χ1) is 11.7. The fourth-order valence-corrected chi connectivity index (χ4v) is 3.36. The van der Waals surface area contributed by atoms with Gasteiger partial charge in [0.25, 0.3) is 5.91 Å². The largest absolute Gasteiger partial charge is 0.496 e. The van der Waals surface area contributed by atoms with E-state index >= 15 is 0 Å². The van der Waals surface area contributed by atoms with Gasteiger partial charge in [-0.1, -0.05) is 19.3 Å². The van der Waals surface area contributed by atoms with Gasteiger partial charge in [-0.05, 0) is 31.0 Å². The number of benzene rings is 1. The quantitative estimate of drug-likeness (QED) is 0.786. The van der Waals surface area contributed by atoms with Crippen LogP contribution in [0.1, 0.15) is 59.6 Å². The molecule has 0 radical (unpaired) electrons. The van der Waals surface area contributed by atoms with E-state index in [0.29, 0.717) is 28.5 Å². The second kappa shape index (κ2) is 7.49. The molecule has 1 aliphatic rings. The lowest BCUT2D eigenvalue weighted by Gasteiger charge is -2.21. The summed E-state index contributed by atoms with van der Waals surface area (Å²) in [7, 11) is 1.55. The summed E-state index contributed by atoms with van der Waals surface area (Å²) in [5, 5.41) is 19.4. The van der Waals surface area contributed by atoms with E-state index in [1.807, 2.05) is 0 Å². The zero-order valence-corrected chi connectivity index (χ0v) is 13.8. The number of rotatable bonds is 5. The first-order valence-corrected chi connectivity index (χ1v) is 8.35. The van der Waals surface area contributed by atoms with Gasteiger partial charge in [-0.2, -0.15) is 5.10 Å². The minimum Gasteiger partial charge on any atom is -0.496 e. The molecule has 3 N–H and O–H groups in total. The molecular formula is C18H23N3O3. The Bertz CT molecular complexity index is 705. The maximum Gasteiger partial charge on any atom is 0.259 e. The van der Waals surface area contributed by atoms with Gasteiger partial charge in [0.1, 0.15) is 5.75 Å². The number of carbonyl (C=O) groups is 1. The number of H-pyrrole nitrogens is 1. The summed E-state index contributed by atoms with van der Waals surface area (Å²) in [6, 6.07) is 5.21. The van der Waals surface area contributed by atoms with Crippen LogP contribution in [0.4, 0.5) is 5.69 Å². The molecular weight excluding hydrogens is 306 g/mol. The van der Waals surface area contributed by atoms with Crippen molar-refractivity contribution < 1.29 is 14.6 Å². The Kier molecular flexibility index (Phi) is 5.15. The number of hydrogen-bond acceptors (Lipinski definition) is 4. The normalized spacial score (nSPS) is 15.2. The van der Waals surface area contributed by atoms with Crippen molar-refractivity contribution in [2.45, 2.75) is 44.6 Å². The van der Waals surface area contributed by atoms with Gasteiger partial charge < -0.3 is 15.2 Å². The Morgan fingerprint density at radius 1 is 1.38 bits per heavy atom. The molecule has 0 saturated heterocycles. The van der Waals surface area contributed by atoms with Crippen LogP contribution in [0.25, 0.3) is 0 Å². The van der Waals surface area contributed by atoms with Gasteiger partial charge in [0.15, 0.2) is 0 Å². The molecule has 1 amide bonds. The molecule has 0 atom stereocenters. The summed E-state index contributed by atoms with van der Waals surface area (Å²) in [5.41, 5.74) is 2.79. The van der Waals surface area contributed by atoms with Crippen LogP contribution in [0, 0.1) is 0 Å². The van der Waals surface area contributed by atoms with Crippen molar-refractivity contribution in [3.63, 3.8) is 0 Å². The molecule has 1 aliphatic carbocycles. The molecule has 24 heavy (non-hydrogen) atoms. The van der Waals surface area contributed by atoms with Crippen LogP contribution < -0.4 is 10.1 Å². The second-order valence-corrected chi connectivity index (χ2v) is 6.17. The Balaban J connectivity index is 1.77. The van der Waals surface area contributed by atoms with Crippen molar-refractivity contribution in [1.82, 2.24) is 10.2 Å². The third-order valence-electron chi connectivity index (χ3n) is 4.64. The summed E-state index contributed by atoms with van der Waals surface area (Å²) in [6.07, 6.45) is 7.45. The molecule has 1 heterocycles. The minimum absolute atomic E-state index is 0.147. The standard InChI is InChI=1S/C18H23N3O3/c1-24-16-8-7-14(9-13(16)11-22)20-18(23)15-10-19-21-17(15)12-5-3-2-4-6-12/h7-10,12,22H,2-6,11H2,1H3,(H,19,21)(H,20,23). The van der Waals surface area contributed by atoms with Gasteiger partial charge in [0, 0.05) is 17.2 Å². The van der Waals surface area contributed by atoms with Crippen molar-refractivity contribution in [2.24, 2.45) is 0 Å². The van der Waals surface area contributed by atoms with Crippen molar-refractivity contribution >= 4 is 11.6 Å². The number of aromatic amines is 1. The first-order valence-electron chi connectivity index (χ1n) is 8.35. The number of carbonyl (C=O) groups excluding carboxylic acids is 1. The number of aromatic nitrogens is 2. The highest BCUT2D eigenvalue weighted by Crippen LogP contribution is 2.33. The first kappa shape index (κ1) is 16.5. The summed E-state index contributed by atoms with van der Waals surface area (Å²) < 4.78 is 5.18. The van der Waals surface area contributed by atoms with E-state index in [2.05, 4.69) is 15.5 Å². The molecule has 0 bridgehead atoms. The maximum absolute atomic E-state index is 12.6. The van der Waals surface area contributed by atoms with E-state index in [0.717, 1.165) is 18.5 Å². The van der Waals surface area contributed by atoms with Crippen LogP contribution in [-0.4, -0.2) is 28.3 Å². The number of aliphatic hydroxyl groups excluding tert-OH is 1. The van der Waals surface area contributed by atoms with Crippen molar-refractivity contribution in [3.8, 4) is 5.75 Å². The van der Waals surface area contributed by atoms with E-state index in [4.69, 9.17) is 4.74 Å². The van der Waals surface area contributed by atoms with Gasteiger partial charge in [0.2, 0.25) is 0 Å². The smallest absolute Gasteiger partial charge is 0.259 e. The molecule has 0 spiro atoms. The number of hydrogen-bond donors (Lipinski definition) is 3. The predicted molar refractivity (Wildman–Crippen MR) is 91.3 cm³/mol. The molecule has 3 rings (SSSR count). The fourth-order valence-electron chi connectivity index (χ4n) is 3.36. The molecule has 1 saturated carbocycles. The second-order valence-electron chi connectivity index (χ2n) is 6.17. The number of methoxy groups -OCH3 is 1. The number of amides is 1. The molecule has 6 nitrogen and oxygen atoms in total. The van der Waals surface area contributed by atoms with E-state index in [1.54, 1.807) is 31.5 Å². The molecule has 1 aromatic carbocycles. The number of nitrogens with one attached hydrogen (secondary N) is 2. The predicted octanol–water partition coefficient (Wildman–Crippen LogP) is 3.21. The molecule has 1 aromatic heterocycles. The number of aliphatic hydroxyl groups is 1. The number of nitrogens with zero attached hydrogens (tertiary/aromatic N) is 1. The van der Waals surface area contributed by atoms with E-state index < -0.39 is 0 Å². The minimum atomic E-state index is -0.182. The van der Waals surface area contributed by atoms with Gasteiger partial charge >= 0.3 is 0 Å².